The summed E-state index contributed by atoms with van der Waals surface area (Å²) in [5.74, 6) is 0.316. The van der Waals surface area contributed by atoms with Crippen molar-refractivity contribution in [1.82, 2.24) is 20.3 Å². The number of halogens is 2. The predicted molar refractivity (Wildman–Crippen MR) is 112 cm³/mol. The predicted octanol–water partition coefficient (Wildman–Crippen LogP) is 4.35. The van der Waals surface area contributed by atoms with Crippen molar-refractivity contribution in [2.75, 3.05) is 11.6 Å². The number of fused-ring (bicyclic) bond motifs is 1. The first kappa shape index (κ1) is 20.0. The first-order chi connectivity index (χ1) is 14.5. The van der Waals surface area contributed by atoms with Gasteiger partial charge in [-0.05, 0) is 37.6 Å². The van der Waals surface area contributed by atoms with Crippen LogP contribution in [0, 0.1) is 5.82 Å². The van der Waals surface area contributed by atoms with Crippen molar-refractivity contribution in [3.05, 3.63) is 59.3 Å². The Kier molecular flexibility index (Phi) is 5.50. The molecule has 0 spiro atoms. The van der Waals surface area contributed by atoms with Gasteiger partial charge in [0.2, 0.25) is 0 Å². The average Bonchev–Trinajstić information content (AvgIpc) is 3.18. The van der Waals surface area contributed by atoms with Crippen LogP contribution >= 0.6 is 11.6 Å². The highest BCUT2D eigenvalue weighted by Gasteiger charge is 2.29. The zero-order chi connectivity index (χ0) is 21.3. The number of pyridine rings is 1. The summed E-state index contributed by atoms with van der Waals surface area (Å²) in [6.07, 6.45) is 5.38. The van der Waals surface area contributed by atoms with E-state index in [-0.39, 0.29) is 30.1 Å². The summed E-state index contributed by atoms with van der Waals surface area (Å²) >= 11 is 6.01. The smallest absolute Gasteiger partial charge is 0.255 e. The van der Waals surface area contributed by atoms with Gasteiger partial charge in [-0.15, -0.1) is 0 Å². The molecule has 0 aliphatic carbocycles. The number of anilines is 2. The molecule has 9 heteroatoms. The fourth-order valence-corrected chi connectivity index (χ4v) is 3.21. The molecule has 1 aliphatic heterocycles. The van der Waals surface area contributed by atoms with Crippen molar-refractivity contribution >= 4 is 29.0 Å². The van der Waals surface area contributed by atoms with Gasteiger partial charge in [0.05, 0.1) is 23.0 Å². The Morgan fingerprint density at radius 1 is 1.37 bits per heavy atom. The zero-order valence-electron chi connectivity index (χ0n) is 16.4. The van der Waals surface area contributed by atoms with Crippen LogP contribution in [-0.4, -0.2) is 33.6 Å². The van der Waals surface area contributed by atoms with Crippen LogP contribution in [0.4, 0.5) is 15.9 Å². The summed E-state index contributed by atoms with van der Waals surface area (Å²) in [6.45, 7) is 4.06. The number of nitrogens with zero attached hydrogens (tertiary/aromatic N) is 4. The maximum atomic E-state index is 14.3. The summed E-state index contributed by atoms with van der Waals surface area (Å²) in [5, 5.41) is 3.32. The Hall–Kier alpha value is -3.26. The molecule has 7 nitrogen and oxygen atoms in total. The van der Waals surface area contributed by atoms with Gasteiger partial charge in [-0.3, -0.25) is 14.7 Å². The minimum Gasteiger partial charge on any atom is -0.467 e. The van der Waals surface area contributed by atoms with Crippen molar-refractivity contribution < 1.29 is 13.9 Å². The van der Waals surface area contributed by atoms with Gasteiger partial charge in [-0.25, -0.2) is 14.4 Å². The van der Waals surface area contributed by atoms with E-state index in [1.165, 1.54) is 30.6 Å². The molecule has 1 aromatic carbocycles. The molecule has 1 aliphatic rings. The van der Waals surface area contributed by atoms with Crippen molar-refractivity contribution in [2.24, 2.45) is 0 Å². The van der Waals surface area contributed by atoms with Crippen LogP contribution < -0.4 is 15.0 Å². The standard InChI is InChI=1S/C21H19ClFN5O2/c1-3-12(2)26-21(29)15-9-24-7-6-17(15)28-11-30-18-10-25-19(27-20(18)28)14-8-13(22)4-5-16(14)23/h4-10,12H,3,11H2,1-2H3,(H,26,29). The molecule has 1 atom stereocenters. The molecule has 0 saturated heterocycles. The van der Waals surface area contributed by atoms with E-state index in [0.29, 0.717) is 27.8 Å². The average molecular weight is 428 g/mol. The second-order valence-electron chi connectivity index (χ2n) is 6.88. The highest BCUT2D eigenvalue weighted by molar-refractivity contribution is 6.30. The maximum Gasteiger partial charge on any atom is 0.255 e. The monoisotopic (exact) mass is 427 g/mol. The van der Waals surface area contributed by atoms with Crippen LogP contribution in [-0.2, 0) is 0 Å². The SMILES string of the molecule is CCC(C)NC(=O)c1cnccc1N1COc2cnc(-c3cc(Cl)ccc3F)nc21. The number of ether oxygens (including phenoxy) is 1. The second-order valence-corrected chi connectivity index (χ2v) is 7.32. The normalized spacial score (nSPS) is 13.5. The van der Waals surface area contributed by atoms with E-state index in [1.54, 1.807) is 17.2 Å². The molecular weight excluding hydrogens is 409 g/mol. The number of carbonyl (C=O) groups is 1. The number of benzene rings is 1. The van der Waals surface area contributed by atoms with Gasteiger partial charge in [-0.1, -0.05) is 18.5 Å². The van der Waals surface area contributed by atoms with Gasteiger partial charge in [0, 0.05) is 23.5 Å². The molecule has 30 heavy (non-hydrogen) atoms. The lowest BCUT2D eigenvalue weighted by molar-refractivity contribution is 0.0939. The van der Waals surface area contributed by atoms with Gasteiger partial charge in [0.25, 0.3) is 5.91 Å². The number of carbonyl (C=O) groups excluding carboxylic acids is 1. The molecule has 2 aromatic heterocycles. The van der Waals surface area contributed by atoms with Crippen molar-refractivity contribution in [2.45, 2.75) is 26.3 Å². The Bertz CT molecular complexity index is 1110. The zero-order valence-corrected chi connectivity index (χ0v) is 17.2. The Morgan fingerprint density at radius 2 is 2.20 bits per heavy atom. The third-order valence-corrected chi connectivity index (χ3v) is 5.07. The minimum absolute atomic E-state index is 0.0207. The largest absolute Gasteiger partial charge is 0.467 e. The van der Waals surface area contributed by atoms with E-state index < -0.39 is 5.82 Å². The number of amides is 1. The minimum atomic E-state index is -0.484. The van der Waals surface area contributed by atoms with Gasteiger partial charge in [0.1, 0.15) is 5.82 Å². The molecule has 1 unspecified atom stereocenters. The third kappa shape index (κ3) is 3.78. The van der Waals surface area contributed by atoms with Crippen LogP contribution in [0.3, 0.4) is 0 Å². The first-order valence-electron chi connectivity index (χ1n) is 9.45. The number of aromatic nitrogens is 3. The van der Waals surface area contributed by atoms with Crippen molar-refractivity contribution in [3.8, 4) is 17.1 Å². The van der Waals surface area contributed by atoms with Crippen molar-refractivity contribution in [1.29, 1.82) is 0 Å². The van der Waals surface area contributed by atoms with Crippen LogP contribution in [0.2, 0.25) is 5.02 Å². The van der Waals surface area contributed by atoms with E-state index in [2.05, 4.69) is 20.3 Å². The van der Waals surface area contributed by atoms with E-state index in [4.69, 9.17) is 16.3 Å². The summed E-state index contributed by atoms with van der Waals surface area (Å²) in [5.41, 5.74) is 1.16. The lowest BCUT2D eigenvalue weighted by atomic mass is 10.1. The highest BCUT2D eigenvalue weighted by Crippen LogP contribution is 2.39. The first-order valence-corrected chi connectivity index (χ1v) is 9.83. The Morgan fingerprint density at radius 3 is 3.00 bits per heavy atom. The summed E-state index contributed by atoms with van der Waals surface area (Å²) in [4.78, 5) is 27.3. The second kappa shape index (κ2) is 8.23. The molecule has 154 valence electrons. The quantitative estimate of drug-likeness (QED) is 0.652. The molecular formula is C21H19ClFN5O2. The fraction of sp³-hybridized carbons (Fsp3) is 0.238. The molecule has 0 saturated carbocycles. The number of hydrogen-bond donors (Lipinski definition) is 1. The summed E-state index contributed by atoms with van der Waals surface area (Å²) < 4.78 is 20.0. The lowest BCUT2D eigenvalue weighted by Crippen LogP contribution is -2.33. The van der Waals surface area contributed by atoms with Crippen LogP contribution in [0.1, 0.15) is 30.6 Å². The number of nitrogens with one attached hydrogen (secondary N) is 1. The summed E-state index contributed by atoms with van der Waals surface area (Å²) in [6, 6.07) is 5.93. The topological polar surface area (TPSA) is 80.2 Å². The molecule has 3 heterocycles. The fourth-order valence-electron chi connectivity index (χ4n) is 3.04. The van der Waals surface area contributed by atoms with Gasteiger partial charge < -0.3 is 10.1 Å². The van der Waals surface area contributed by atoms with Gasteiger partial charge in [-0.2, -0.15) is 0 Å². The Balaban J connectivity index is 1.74. The van der Waals surface area contributed by atoms with Crippen LogP contribution in [0.5, 0.6) is 5.75 Å². The van der Waals surface area contributed by atoms with E-state index in [0.717, 1.165) is 6.42 Å². The molecule has 1 amide bonds. The van der Waals surface area contributed by atoms with E-state index in [9.17, 15) is 9.18 Å². The molecule has 0 fully saturated rings. The molecule has 1 N–H and O–H groups in total. The molecule has 0 bridgehead atoms. The maximum absolute atomic E-state index is 14.3. The molecule has 3 aromatic rings. The van der Waals surface area contributed by atoms with Gasteiger partial charge >= 0.3 is 0 Å². The molecule has 4 rings (SSSR count). The summed E-state index contributed by atoms with van der Waals surface area (Å²) in [7, 11) is 0. The van der Waals surface area contributed by atoms with Gasteiger partial charge in [0.15, 0.2) is 24.1 Å². The lowest BCUT2D eigenvalue weighted by Gasteiger charge is -2.20. The number of rotatable bonds is 5. The third-order valence-electron chi connectivity index (χ3n) is 4.83. The van der Waals surface area contributed by atoms with Crippen LogP contribution in [0.15, 0.2) is 42.9 Å². The Labute approximate surface area is 177 Å². The molecule has 0 radical (unpaired) electrons. The van der Waals surface area contributed by atoms with Crippen molar-refractivity contribution in [3.63, 3.8) is 0 Å². The van der Waals surface area contributed by atoms with Crippen LogP contribution in [0.25, 0.3) is 11.4 Å². The highest BCUT2D eigenvalue weighted by atomic mass is 35.5. The van der Waals surface area contributed by atoms with E-state index >= 15 is 0 Å². The number of hydrogen-bond acceptors (Lipinski definition) is 6. The van der Waals surface area contributed by atoms with E-state index in [1.807, 2.05) is 13.8 Å².